The van der Waals surface area contributed by atoms with Crippen LogP contribution >= 0.6 is 0 Å². The van der Waals surface area contributed by atoms with E-state index in [4.69, 9.17) is 10.5 Å². The highest BCUT2D eigenvalue weighted by Gasteiger charge is 2.14. The van der Waals surface area contributed by atoms with Gasteiger partial charge in [0.15, 0.2) is 0 Å². The number of methoxy groups -OCH3 is 1. The summed E-state index contributed by atoms with van der Waals surface area (Å²) in [6, 6.07) is 7.16. The molecule has 0 saturated carbocycles. The van der Waals surface area contributed by atoms with Crippen molar-refractivity contribution in [3.05, 3.63) is 47.9 Å². The Morgan fingerprint density at radius 2 is 2.21 bits per heavy atom. The Bertz CT molecular complexity index is 617. The minimum absolute atomic E-state index is 0.0464. The second-order valence-electron chi connectivity index (χ2n) is 3.75. The average Bonchev–Trinajstić information content (AvgIpc) is 2.41. The van der Waals surface area contributed by atoms with Gasteiger partial charge in [-0.05, 0) is 30.3 Å². The molecule has 1 aromatic heterocycles. The van der Waals surface area contributed by atoms with Crippen molar-refractivity contribution in [2.24, 2.45) is 0 Å². The molecule has 0 radical (unpaired) electrons. The van der Waals surface area contributed by atoms with Gasteiger partial charge >= 0.3 is 0 Å². The Labute approximate surface area is 109 Å². The predicted molar refractivity (Wildman–Crippen MR) is 69.6 cm³/mol. The highest BCUT2D eigenvalue weighted by molar-refractivity contribution is 6.05. The number of halogens is 1. The quantitative estimate of drug-likeness (QED) is 0.829. The summed E-state index contributed by atoms with van der Waals surface area (Å²) in [6.45, 7) is 0. The van der Waals surface area contributed by atoms with Gasteiger partial charge in [0.1, 0.15) is 11.4 Å². The number of pyridine rings is 1. The third-order valence-corrected chi connectivity index (χ3v) is 2.45. The van der Waals surface area contributed by atoms with Crippen molar-refractivity contribution in [3.8, 4) is 5.88 Å². The van der Waals surface area contributed by atoms with Gasteiger partial charge in [0.2, 0.25) is 5.88 Å². The zero-order chi connectivity index (χ0) is 13.8. The number of nitrogens with one attached hydrogen (secondary N) is 1. The van der Waals surface area contributed by atoms with Crippen molar-refractivity contribution in [2.45, 2.75) is 0 Å². The number of ether oxygens (including phenoxy) is 1. The standard InChI is InChI=1S/C13H12FN3O2/c1-19-13-9(3-2-6-16-13)12(18)17-11-5-4-8(15)7-10(11)14/h2-7H,15H2,1H3,(H,17,18). The second-order valence-corrected chi connectivity index (χ2v) is 3.75. The van der Waals surface area contributed by atoms with Crippen molar-refractivity contribution in [2.75, 3.05) is 18.2 Å². The molecule has 1 heterocycles. The van der Waals surface area contributed by atoms with Gasteiger partial charge in [0.25, 0.3) is 5.91 Å². The number of nitrogens with two attached hydrogens (primary N) is 1. The lowest BCUT2D eigenvalue weighted by atomic mass is 10.2. The van der Waals surface area contributed by atoms with E-state index in [2.05, 4.69) is 10.3 Å². The van der Waals surface area contributed by atoms with Crippen molar-refractivity contribution in [3.63, 3.8) is 0 Å². The molecule has 6 heteroatoms. The Balaban J connectivity index is 2.26. The molecule has 3 N–H and O–H groups in total. The first-order valence-electron chi connectivity index (χ1n) is 5.47. The zero-order valence-electron chi connectivity index (χ0n) is 10.2. The Morgan fingerprint density at radius 1 is 1.42 bits per heavy atom. The molecule has 0 bridgehead atoms. The average molecular weight is 261 g/mol. The molecule has 0 unspecified atom stereocenters. The minimum atomic E-state index is -0.601. The topological polar surface area (TPSA) is 77.2 Å². The number of nitrogens with zero attached hydrogens (tertiary/aromatic N) is 1. The molecule has 2 aromatic rings. The lowest BCUT2D eigenvalue weighted by Gasteiger charge is -2.09. The van der Waals surface area contributed by atoms with Gasteiger partial charge in [-0.15, -0.1) is 0 Å². The fraction of sp³-hybridized carbons (Fsp3) is 0.0769. The number of nitrogen functional groups attached to an aromatic ring is 1. The Kier molecular flexibility index (Phi) is 3.61. The van der Waals surface area contributed by atoms with Gasteiger partial charge < -0.3 is 15.8 Å². The first-order valence-corrected chi connectivity index (χ1v) is 5.47. The first-order chi connectivity index (χ1) is 9.11. The number of amides is 1. The van der Waals surface area contributed by atoms with E-state index in [1.165, 1.54) is 31.5 Å². The molecule has 0 aliphatic carbocycles. The number of carbonyl (C=O) groups excluding carboxylic acids is 1. The van der Waals surface area contributed by atoms with E-state index in [0.717, 1.165) is 6.07 Å². The molecule has 1 aromatic carbocycles. The summed E-state index contributed by atoms with van der Waals surface area (Å²) in [6.07, 6.45) is 1.50. The van der Waals surface area contributed by atoms with E-state index < -0.39 is 11.7 Å². The van der Waals surface area contributed by atoms with E-state index in [9.17, 15) is 9.18 Å². The van der Waals surface area contributed by atoms with Crippen LogP contribution in [0.15, 0.2) is 36.5 Å². The molecule has 0 spiro atoms. The van der Waals surface area contributed by atoms with Crippen LogP contribution in [0.4, 0.5) is 15.8 Å². The van der Waals surface area contributed by atoms with Gasteiger partial charge in [-0.3, -0.25) is 4.79 Å². The van der Waals surface area contributed by atoms with Gasteiger partial charge in [-0.1, -0.05) is 0 Å². The van der Waals surface area contributed by atoms with Crippen LogP contribution in [-0.2, 0) is 0 Å². The number of aromatic nitrogens is 1. The number of rotatable bonds is 3. The molecule has 1 amide bonds. The highest BCUT2D eigenvalue weighted by atomic mass is 19.1. The van der Waals surface area contributed by atoms with E-state index >= 15 is 0 Å². The van der Waals surface area contributed by atoms with Crippen LogP contribution in [0.25, 0.3) is 0 Å². The number of benzene rings is 1. The fourth-order valence-electron chi connectivity index (χ4n) is 1.55. The molecule has 0 saturated heterocycles. The van der Waals surface area contributed by atoms with E-state index in [1.54, 1.807) is 6.07 Å². The molecule has 19 heavy (non-hydrogen) atoms. The molecule has 5 nitrogen and oxygen atoms in total. The molecule has 0 aliphatic heterocycles. The van der Waals surface area contributed by atoms with Crippen LogP contribution in [-0.4, -0.2) is 18.0 Å². The van der Waals surface area contributed by atoms with E-state index in [0.29, 0.717) is 0 Å². The van der Waals surface area contributed by atoms with Crippen molar-refractivity contribution in [1.82, 2.24) is 4.98 Å². The highest BCUT2D eigenvalue weighted by Crippen LogP contribution is 2.20. The summed E-state index contributed by atoms with van der Waals surface area (Å²) in [5, 5.41) is 2.44. The summed E-state index contributed by atoms with van der Waals surface area (Å²) >= 11 is 0. The lowest BCUT2D eigenvalue weighted by Crippen LogP contribution is -2.14. The zero-order valence-corrected chi connectivity index (χ0v) is 10.2. The molecular formula is C13H12FN3O2. The first kappa shape index (κ1) is 12.8. The largest absolute Gasteiger partial charge is 0.480 e. The lowest BCUT2D eigenvalue weighted by molar-refractivity contribution is 0.102. The molecule has 0 fully saturated rings. The van der Waals surface area contributed by atoms with E-state index in [-0.39, 0.29) is 22.8 Å². The number of hydrogen-bond acceptors (Lipinski definition) is 4. The van der Waals surface area contributed by atoms with Crippen LogP contribution in [0, 0.1) is 5.82 Å². The van der Waals surface area contributed by atoms with Crippen molar-refractivity contribution in [1.29, 1.82) is 0 Å². The number of carbonyl (C=O) groups is 1. The van der Waals surface area contributed by atoms with Gasteiger partial charge in [0, 0.05) is 11.9 Å². The van der Waals surface area contributed by atoms with Crippen molar-refractivity contribution >= 4 is 17.3 Å². The maximum absolute atomic E-state index is 13.6. The van der Waals surface area contributed by atoms with Gasteiger partial charge in [-0.2, -0.15) is 0 Å². The van der Waals surface area contributed by atoms with Crippen LogP contribution in [0.1, 0.15) is 10.4 Å². The second kappa shape index (κ2) is 5.34. The third-order valence-electron chi connectivity index (χ3n) is 2.45. The SMILES string of the molecule is COc1ncccc1C(=O)Nc1ccc(N)cc1F. The van der Waals surface area contributed by atoms with Crippen molar-refractivity contribution < 1.29 is 13.9 Å². The van der Waals surface area contributed by atoms with E-state index in [1.807, 2.05) is 0 Å². The number of anilines is 2. The van der Waals surface area contributed by atoms with Crippen LogP contribution in [0.2, 0.25) is 0 Å². The summed E-state index contributed by atoms with van der Waals surface area (Å²) in [4.78, 5) is 15.9. The summed E-state index contributed by atoms with van der Waals surface area (Å²) < 4.78 is 18.5. The Morgan fingerprint density at radius 3 is 2.89 bits per heavy atom. The summed E-state index contributed by atoms with van der Waals surface area (Å²) in [5.41, 5.74) is 5.99. The summed E-state index contributed by atoms with van der Waals surface area (Å²) in [5.74, 6) is -0.930. The maximum Gasteiger partial charge on any atom is 0.261 e. The normalized spacial score (nSPS) is 10.0. The predicted octanol–water partition coefficient (Wildman–Crippen LogP) is 2.06. The molecule has 0 aliphatic rings. The molecule has 2 rings (SSSR count). The smallest absolute Gasteiger partial charge is 0.261 e. The minimum Gasteiger partial charge on any atom is -0.480 e. The number of hydrogen-bond donors (Lipinski definition) is 2. The monoisotopic (exact) mass is 261 g/mol. The van der Waals surface area contributed by atoms with Crippen LogP contribution in [0.3, 0.4) is 0 Å². The van der Waals surface area contributed by atoms with Crippen LogP contribution in [0.5, 0.6) is 5.88 Å². The summed E-state index contributed by atoms with van der Waals surface area (Å²) in [7, 11) is 1.41. The van der Waals surface area contributed by atoms with Gasteiger partial charge in [0.05, 0.1) is 12.8 Å². The maximum atomic E-state index is 13.6. The fourth-order valence-corrected chi connectivity index (χ4v) is 1.55. The molecule has 98 valence electrons. The third kappa shape index (κ3) is 2.79. The van der Waals surface area contributed by atoms with Crippen LogP contribution < -0.4 is 15.8 Å². The van der Waals surface area contributed by atoms with Gasteiger partial charge in [-0.25, -0.2) is 9.37 Å². The molecule has 0 atom stereocenters. The molecular weight excluding hydrogens is 249 g/mol. The Hall–Kier alpha value is -2.63.